The molecule has 5 rings (SSSR count). The number of carbonyl (C=O) groups is 1. The summed E-state index contributed by atoms with van der Waals surface area (Å²) in [6.07, 6.45) is 3.68. The maximum Gasteiger partial charge on any atom is 0.249 e. The van der Waals surface area contributed by atoms with Crippen LogP contribution in [0.1, 0.15) is 24.2 Å². The highest BCUT2D eigenvalue weighted by Crippen LogP contribution is 2.30. The van der Waals surface area contributed by atoms with Gasteiger partial charge in [0, 0.05) is 30.4 Å². The Hall–Kier alpha value is -3.75. The standard InChI is InChI=1S/C21H22N8O/c1-13-10-16(26-28(13)2)12-23-18-9-8-15(11-22-18)17-4-3-5-19-24-21(27-29(17)19)25-20(30)14-6-7-14/h3-5,8-11,14H,6-7,12H2,1-2H3,(H,22,23)(H,25,27,30). The fourth-order valence-corrected chi connectivity index (χ4v) is 3.29. The molecule has 0 spiro atoms. The Bertz CT molecular complexity index is 1200. The van der Waals surface area contributed by atoms with Gasteiger partial charge < -0.3 is 5.32 Å². The van der Waals surface area contributed by atoms with Crippen LogP contribution in [-0.4, -0.2) is 35.3 Å². The van der Waals surface area contributed by atoms with E-state index in [1.807, 2.05) is 55.1 Å². The molecular weight excluding hydrogens is 380 g/mol. The van der Waals surface area contributed by atoms with Gasteiger partial charge in [0.05, 0.1) is 17.9 Å². The van der Waals surface area contributed by atoms with Crippen molar-refractivity contribution in [2.75, 3.05) is 10.6 Å². The lowest BCUT2D eigenvalue weighted by Crippen LogP contribution is -2.14. The van der Waals surface area contributed by atoms with Crippen LogP contribution in [0.25, 0.3) is 16.9 Å². The van der Waals surface area contributed by atoms with E-state index < -0.39 is 0 Å². The molecule has 0 radical (unpaired) electrons. The summed E-state index contributed by atoms with van der Waals surface area (Å²) < 4.78 is 3.58. The van der Waals surface area contributed by atoms with Crippen molar-refractivity contribution in [3.05, 3.63) is 54.0 Å². The van der Waals surface area contributed by atoms with E-state index in [2.05, 4.69) is 30.8 Å². The highest BCUT2D eigenvalue weighted by molar-refractivity contribution is 5.92. The van der Waals surface area contributed by atoms with E-state index in [0.29, 0.717) is 18.1 Å². The van der Waals surface area contributed by atoms with Gasteiger partial charge in [-0.3, -0.25) is 14.8 Å². The lowest BCUT2D eigenvalue weighted by molar-refractivity contribution is -0.117. The summed E-state index contributed by atoms with van der Waals surface area (Å²) in [7, 11) is 1.93. The van der Waals surface area contributed by atoms with Crippen LogP contribution in [0.5, 0.6) is 0 Å². The summed E-state index contributed by atoms with van der Waals surface area (Å²) in [5, 5.41) is 15.0. The molecule has 2 N–H and O–H groups in total. The van der Waals surface area contributed by atoms with Gasteiger partial charge in [-0.05, 0) is 50.1 Å². The molecule has 4 aromatic rings. The van der Waals surface area contributed by atoms with Gasteiger partial charge >= 0.3 is 0 Å². The Morgan fingerprint density at radius 1 is 1.20 bits per heavy atom. The minimum absolute atomic E-state index is 0.00681. The van der Waals surface area contributed by atoms with Gasteiger partial charge in [0.1, 0.15) is 5.82 Å². The smallest absolute Gasteiger partial charge is 0.249 e. The number of hydrogen-bond donors (Lipinski definition) is 2. The average Bonchev–Trinajstić information content (AvgIpc) is 3.44. The Labute approximate surface area is 173 Å². The van der Waals surface area contributed by atoms with Gasteiger partial charge in [0.25, 0.3) is 0 Å². The maximum atomic E-state index is 12.0. The quantitative estimate of drug-likeness (QED) is 0.514. The number of pyridine rings is 2. The summed E-state index contributed by atoms with van der Waals surface area (Å²) in [5.74, 6) is 1.20. The first-order valence-corrected chi connectivity index (χ1v) is 9.93. The van der Waals surface area contributed by atoms with Gasteiger partial charge in [0.15, 0.2) is 5.65 Å². The number of nitrogens with zero attached hydrogens (tertiary/aromatic N) is 6. The van der Waals surface area contributed by atoms with Crippen LogP contribution in [0.4, 0.5) is 11.8 Å². The highest BCUT2D eigenvalue weighted by atomic mass is 16.2. The summed E-state index contributed by atoms with van der Waals surface area (Å²) in [6.45, 7) is 2.63. The summed E-state index contributed by atoms with van der Waals surface area (Å²) in [5.41, 5.74) is 4.51. The molecule has 9 heteroatoms. The first kappa shape index (κ1) is 18.3. The van der Waals surface area contributed by atoms with E-state index >= 15 is 0 Å². The molecule has 4 heterocycles. The number of carbonyl (C=O) groups excluding carboxylic acids is 1. The van der Waals surface area contributed by atoms with E-state index in [1.165, 1.54) is 0 Å². The molecule has 0 unspecified atom stereocenters. The third kappa shape index (κ3) is 3.61. The fraction of sp³-hybridized carbons (Fsp3) is 0.286. The number of rotatable bonds is 6. The number of amides is 1. The van der Waals surface area contributed by atoms with Crippen molar-refractivity contribution in [3.63, 3.8) is 0 Å². The lowest BCUT2D eigenvalue weighted by atomic mass is 10.2. The van der Waals surface area contributed by atoms with Gasteiger partial charge in [-0.15, -0.1) is 5.10 Å². The summed E-state index contributed by atoms with van der Waals surface area (Å²) >= 11 is 0. The molecule has 9 nitrogen and oxygen atoms in total. The van der Waals surface area contributed by atoms with Crippen LogP contribution >= 0.6 is 0 Å². The number of anilines is 2. The monoisotopic (exact) mass is 402 g/mol. The molecule has 0 aromatic carbocycles. The van der Waals surface area contributed by atoms with E-state index in [-0.39, 0.29) is 11.8 Å². The second kappa shape index (κ2) is 7.25. The highest BCUT2D eigenvalue weighted by Gasteiger charge is 2.30. The minimum Gasteiger partial charge on any atom is -0.364 e. The van der Waals surface area contributed by atoms with Crippen molar-refractivity contribution in [1.82, 2.24) is 29.4 Å². The van der Waals surface area contributed by atoms with Crippen molar-refractivity contribution in [2.45, 2.75) is 26.3 Å². The van der Waals surface area contributed by atoms with Crippen molar-refractivity contribution in [1.29, 1.82) is 0 Å². The topological polar surface area (TPSA) is 102 Å². The molecule has 1 saturated carbocycles. The summed E-state index contributed by atoms with van der Waals surface area (Å²) in [4.78, 5) is 20.9. The van der Waals surface area contributed by atoms with Crippen LogP contribution < -0.4 is 10.6 Å². The zero-order valence-corrected chi connectivity index (χ0v) is 16.8. The first-order valence-electron chi connectivity index (χ1n) is 9.93. The number of aromatic nitrogens is 6. The van der Waals surface area contributed by atoms with Crippen molar-refractivity contribution in [3.8, 4) is 11.3 Å². The Morgan fingerprint density at radius 2 is 2.07 bits per heavy atom. The molecule has 0 atom stereocenters. The van der Waals surface area contributed by atoms with Crippen LogP contribution in [0.2, 0.25) is 0 Å². The normalized spacial score (nSPS) is 13.5. The molecule has 1 fully saturated rings. The molecule has 0 bridgehead atoms. The van der Waals surface area contributed by atoms with E-state index in [1.54, 1.807) is 10.7 Å². The van der Waals surface area contributed by atoms with Crippen molar-refractivity contribution < 1.29 is 4.79 Å². The molecule has 30 heavy (non-hydrogen) atoms. The molecule has 1 aliphatic rings. The van der Waals surface area contributed by atoms with Crippen molar-refractivity contribution >= 4 is 23.3 Å². The van der Waals surface area contributed by atoms with Gasteiger partial charge in [-0.25, -0.2) is 9.50 Å². The SMILES string of the molecule is Cc1cc(CNc2ccc(-c3cccc4nc(NC(=O)C5CC5)nn34)cn2)nn1C. The number of nitrogens with one attached hydrogen (secondary N) is 2. The third-order valence-electron chi connectivity index (χ3n) is 5.22. The van der Waals surface area contributed by atoms with Crippen LogP contribution in [0, 0.1) is 12.8 Å². The zero-order chi connectivity index (χ0) is 20.7. The molecular formula is C21H22N8O. The van der Waals surface area contributed by atoms with E-state index in [0.717, 1.165) is 41.3 Å². The third-order valence-corrected chi connectivity index (χ3v) is 5.22. The Morgan fingerprint density at radius 3 is 2.77 bits per heavy atom. The predicted molar refractivity (Wildman–Crippen MR) is 113 cm³/mol. The Kier molecular flexibility index (Phi) is 4.42. The van der Waals surface area contributed by atoms with E-state index in [4.69, 9.17) is 0 Å². The largest absolute Gasteiger partial charge is 0.364 e. The van der Waals surface area contributed by atoms with E-state index in [9.17, 15) is 4.79 Å². The number of hydrogen-bond acceptors (Lipinski definition) is 6. The molecule has 152 valence electrons. The molecule has 1 aliphatic carbocycles. The molecule has 1 amide bonds. The summed E-state index contributed by atoms with van der Waals surface area (Å²) in [6, 6.07) is 11.7. The number of fused-ring (bicyclic) bond motifs is 1. The van der Waals surface area contributed by atoms with Gasteiger partial charge in [0.2, 0.25) is 11.9 Å². The molecule has 0 aliphatic heterocycles. The van der Waals surface area contributed by atoms with Crippen molar-refractivity contribution in [2.24, 2.45) is 13.0 Å². The number of aryl methyl sites for hydroxylation is 2. The van der Waals surface area contributed by atoms with Crippen LogP contribution in [0.15, 0.2) is 42.6 Å². The predicted octanol–water partition coefficient (Wildman–Crippen LogP) is 2.79. The zero-order valence-electron chi connectivity index (χ0n) is 16.8. The molecule has 4 aromatic heterocycles. The van der Waals surface area contributed by atoms with Gasteiger partial charge in [-0.2, -0.15) is 10.1 Å². The minimum atomic E-state index is -0.00681. The lowest BCUT2D eigenvalue weighted by Gasteiger charge is -2.06. The fourth-order valence-electron chi connectivity index (χ4n) is 3.29. The van der Waals surface area contributed by atoms with Crippen LogP contribution in [0.3, 0.4) is 0 Å². The maximum absolute atomic E-state index is 12.0. The van der Waals surface area contributed by atoms with Gasteiger partial charge in [-0.1, -0.05) is 6.07 Å². The average molecular weight is 402 g/mol. The molecule has 0 saturated heterocycles. The van der Waals surface area contributed by atoms with Crippen LogP contribution in [-0.2, 0) is 18.4 Å². The Balaban J connectivity index is 1.34. The first-order chi connectivity index (χ1) is 14.6. The second-order valence-electron chi connectivity index (χ2n) is 7.57. The second-order valence-corrected chi connectivity index (χ2v) is 7.57.